The minimum absolute atomic E-state index is 0.0621. The van der Waals surface area contributed by atoms with E-state index in [0.717, 1.165) is 11.1 Å². The smallest absolute Gasteiger partial charge is 0.244 e. The second-order valence-corrected chi connectivity index (χ2v) is 8.03. The van der Waals surface area contributed by atoms with Gasteiger partial charge in [0, 0.05) is 18.2 Å². The summed E-state index contributed by atoms with van der Waals surface area (Å²) in [5.41, 5.74) is 2.32. The van der Waals surface area contributed by atoms with Crippen LogP contribution in [0, 0.1) is 6.92 Å². The van der Waals surface area contributed by atoms with Crippen molar-refractivity contribution >= 4 is 21.6 Å². The largest absolute Gasteiger partial charge is 0.337 e. The number of anilines is 1. The van der Waals surface area contributed by atoms with Gasteiger partial charge in [0.2, 0.25) is 27.6 Å². The van der Waals surface area contributed by atoms with E-state index >= 15 is 0 Å². The lowest BCUT2D eigenvalue weighted by Gasteiger charge is -2.11. The van der Waals surface area contributed by atoms with Crippen molar-refractivity contribution in [3.8, 4) is 11.4 Å². The highest BCUT2D eigenvalue weighted by Gasteiger charge is 2.23. The highest BCUT2D eigenvalue weighted by molar-refractivity contribution is 7.89. The molecule has 9 heteroatoms. The number of hydrogen-bond acceptors (Lipinski definition) is 6. The van der Waals surface area contributed by atoms with Crippen molar-refractivity contribution in [2.45, 2.75) is 31.7 Å². The van der Waals surface area contributed by atoms with E-state index in [4.69, 9.17) is 4.52 Å². The second-order valence-electron chi connectivity index (χ2n) is 6.32. The maximum absolute atomic E-state index is 12.6. The topological polar surface area (TPSA) is 114 Å². The molecule has 0 saturated carbocycles. The van der Waals surface area contributed by atoms with Crippen LogP contribution in [0.25, 0.3) is 11.4 Å². The van der Waals surface area contributed by atoms with Crippen molar-refractivity contribution in [3.63, 3.8) is 0 Å². The summed E-state index contributed by atoms with van der Waals surface area (Å²) < 4.78 is 32.9. The molecule has 3 rings (SSSR count). The monoisotopic (exact) mass is 400 g/mol. The maximum atomic E-state index is 12.6. The van der Waals surface area contributed by atoms with Crippen molar-refractivity contribution < 1.29 is 17.7 Å². The number of aromatic nitrogens is 2. The molecule has 0 aliphatic carbocycles. The molecule has 0 unspecified atom stereocenters. The molecule has 1 amide bonds. The van der Waals surface area contributed by atoms with Crippen LogP contribution in [-0.2, 0) is 14.8 Å². The Bertz CT molecular complexity index is 1090. The van der Waals surface area contributed by atoms with Gasteiger partial charge in [-0.25, -0.2) is 8.42 Å². The first-order valence-electron chi connectivity index (χ1n) is 8.56. The number of aryl methyl sites for hydroxylation is 1. The molecule has 0 spiro atoms. The molecule has 1 atom stereocenters. The Morgan fingerprint density at radius 1 is 1.11 bits per heavy atom. The first kappa shape index (κ1) is 19.7. The van der Waals surface area contributed by atoms with Gasteiger partial charge in [0.1, 0.15) is 0 Å². The van der Waals surface area contributed by atoms with E-state index in [1.807, 2.05) is 31.2 Å². The van der Waals surface area contributed by atoms with Gasteiger partial charge >= 0.3 is 0 Å². The van der Waals surface area contributed by atoms with Gasteiger partial charge in [-0.1, -0.05) is 29.4 Å². The molecule has 146 valence electrons. The predicted molar refractivity (Wildman–Crippen MR) is 104 cm³/mol. The number of nitrogens with zero attached hydrogens (tertiary/aromatic N) is 2. The fourth-order valence-electron chi connectivity index (χ4n) is 2.62. The van der Waals surface area contributed by atoms with E-state index < -0.39 is 16.1 Å². The van der Waals surface area contributed by atoms with Crippen molar-refractivity contribution in [3.05, 3.63) is 60.0 Å². The predicted octanol–water partition coefficient (Wildman–Crippen LogP) is 3.04. The van der Waals surface area contributed by atoms with Gasteiger partial charge in [-0.05, 0) is 43.7 Å². The molecule has 0 aliphatic rings. The third-order valence-electron chi connectivity index (χ3n) is 4.02. The minimum atomic E-state index is -3.81. The molecule has 28 heavy (non-hydrogen) atoms. The summed E-state index contributed by atoms with van der Waals surface area (Å²) >= 11 is 0. The van der Waals surface area contributed by atoms with Crippen molar-refractivity contribution in [1.29, 1.82) is 0 Å². The summed E-state index contributed by atoms with van der Waals surface area (Å²) in [6.45, 7) is 4.93. The van der Waals surface area contributed by atoms with E-state index in [9.17, 15) is 13.2 Å². The Balaban J connectivity index is 1.76. The molecule has 0 bridgehead atoms. The zero-order valence-corrected chi connectivity index (χ0v) is 16.4. The lowest BCUT2D eigenvalue weighted by atomic mass is 10.1. The van der Waals surface area contributed by atoms with Gasteiger partial charge in [-0.3, -0.25) is 4.79 Å². The number of carbonyl (C=O) groups is 1. The summed E-state index contributed by atoms with van der Waals surface area (Å²) in [5, 5.41) is 6.53. The fourth-order valence-corrected chi connectivity index (χ4v) is 3.81. The highest BCUT2D eigenvalue weighted by Crippen LogP contribution is 2.23. The molecule has 0 radical (unpaired) electrons. The Labute approximate surface area is 163 Å². The van der Waals surface area contributed by atoms with Gasteiger partial charge in [0.15, 0.2) is 0 Å². The van der Waals surface area contributed by atoms with E-state index in [1.165, 1.54) is 31.2 Å². The number of benzene rings is 2. The first-order chi connectivity index (χ1) is 13.3. The summed E-state index contributed by atoms with van der Waals surface area (Å²) in [7, 11) is -3.81. The SMILES string of the molecule is CC(=O)Nc1ccc(S(=O)(=O)N[C@@H](C)c2nc(-c3ccccc3C)no2)cc1. The van der Waals surface area contributed by atoms with E-state index in [-0.39, 0.29) is 16.7 Å². The van der Waals surface area contributed by atoms with Crippen molar-refractivity contribution in [2.75, 3.05) is 5.32 Å². The molecule has 2 N–H and O–H groups in total. The first-order valence-corrected chi connectivity index (χ1v) is 10.0. The molecule has 1 heterocycles. The lowest BCUT2D eigenvalue weighted by molar-refractivity contribution is -0.114. The van der Waals surface area contributed by atoms with Crippen molar-refractivity contribution in [1.82, 2.24) is 14.9 Å². The van der Waals surface area contributed by atoms with E-state index in [1.54, 1.807) is 6.92 Å². The minimum Gasteiger partial charge on any atom is -0.337 e. The van der Waals surface area contributed by atoms with Crippen LogP contribution in [0.15, 0.2) is 57.9 Å². The zero-order valence-electron chi connectivity index (χ0n) is 15.6. The van der Waals surface area contributed by atoms with Gasteiger partial charge in [0.05, 0.1) is 10.9 Å². The van der Waals surface area contributed by atoms with E-state index in [2.05, 4.69) is 20.2 Å². The van der Waals surface area contributed by atoms with Crippen LogP contribution >= 0.6 is 0 Å². The van der Waals surface area contributed by atoms with Crippen LogP contribution in [0.3, 0.4) is 0 Å². The quantitative estimate of drug-likeness (QED) is 0.657. The molecular formula is C19H20N4O4S. The van der Waals surface area contributed by atoms with Crippen LogP contribution in [0.4, 0.5) is 5.69 Å². The number of amides is 1. The van der Waals surface area contributed by atoms with Crippen LogP contribution in [0.5, 0.6) is 0 Å². The Morgan fingerprint density at radius 3 is 2.43 bits per heavy atom. The average molecular weight is 400 g/mol. The van der Waals surface area contributed by atoms with Crippen LogP contribution in [-0.4, -0.2) is 24.5 Å². The summed E-state index contributed by atoms with van der Waals surface area (Å²) in [6.07, 6.45) is 0. The van der Waals surface area contributed by atoms with Gasteiger partial charge in [-0.15, -0.1) is 0 Å². The Hall–Kier alpha value is -3.04. The third-order valence-corrected chi connectivity index (χ3v) is 5.57. The molecule has 0 saturated heterocycles. The van der Waals surface area contributed by atoms with Gasteiger partial charge < -0.3 is 9.84 Å². The number of sulfonamides is 1. The lowest BCUT2D eigenvalue weighted by Crippen LogP contribution is -2.27. The Kier molecular flexibility index (Phi) is 5.57. The standard InChI is InChI=1S/C19H20N4O4S/c1-12-6-4-5-7-17(12)18-21-19(27-22-18)13(2)23-28(25,26)16-10-8-15(9-11-16)20-14(3)24/h4-11,13,23H,1-3H3,(H,20,24)/t13-/m0/s1. The molecular weight excluding hydrogens is 380 g/mol. The van der Waals surface area contributed by atoms with E-state index in [0.29, 0.717) is 11.5 Å². The Morgan fingerprint density at radius 2 is 1.79 bits per heavy atom. The summed E-state index contributed by atoms with van der Waals surface area (Å²) in [6, 6.07) is 12.7. The van der Waals surface area contributed by atoms with Gasteiger partial charge in [-0.2, -0.15) is 9.71 Å². The fraction of sp³-hybridized carbons (Fsp3) is 0.211. The average Bonchev–Trinajstić information content (AvgIpc) is 3.12. The van der Waals surface area contributed by atoms with Crippen LogP contribution in [0.1, 0.15) is 31.3 Å². The second kappa shape index (κ2) is 7.91. The third kappa shape index (κ3) is 4.44. The molecule has 0 fully saturated rings. The molecule has 3 aromatic rings. The number of hydrogen-bond donors (Lipinski definition) is 2. The number of carbonyl (C=O) groups excluding carboxylic acids is 1. The summed E-state index contributed by atoms with van der Waals surface area (Å²) in [4.78, 5) is 15.4. The molecule has 2 aromatic carbocycles. The van der Waals surface area contributed by atoms with Crippen LogP contribution in [0.2, 0.25) is 0 Å². The summed E-state index contributed by atoms with van der Waals surface area (Å²) in [5.74, 6) is 0.332. The molecule has 0 aliphatic heterocycles. The number of nitrogens with one attached hydrogen (secondary N) is 2. The molecule has 8 nitrogen and oxygen atoms in total. The number of rotatable bonds is 6. The molecule has 1 aromatic heterocycles. The van der Waals surface area contributed by atoms with Crippen LogP contribution < -0.4 is 10.0 Å². The van der Waals surface area contributed by atoms with Crippen molar-refractivity contribution in [2.24, 2.45) is 0 Å². The maximum Gasteiger partial charge on any atom is 0.244 e. The highest BCUT2D eigenvalue weighted by atomic mass is 32.2. The van der Waals surface area contributed by atoms with Gasteiger partial charge in [0.25, 0.3) is 0 Å². The zero-order chi connectivity index (χ0) is 20.3. The normalized spacial score (nSPS) is 12.5.